The van der Waals surface area contributed by atoms with E-state index in [0.29, 0.717) is 27.1 Å². The van der Waals surface area contributed by atoms with Gasteiger partial charge in [-0.2, -0.15) is 0 Å². The number of aromatic nitrogens is 2. The Morgan fingerprint density at radius 3 is 2.62 bits per heavy atom. The maximum atomic E-state index is 13.5. The molecule has 4 rings (SSSR count). The number of amides is 1. The van der Waals surface area contributed by atoms with Gasteiger partial charge in [0.05, 0.1) is 29.2 Å². The number of fused-ring (bicyclic) bond motifs is 1. The molecule has 3 heterocycles. The molecule has 7 nitrogen and oxygen atoms in total. The highest BCUT2D eigenvalue weighted by Gasteiger charge is 2.36. The average molecular weight is 495 g/mol. The third kappa shape index (κ3) is 4.51. The molecule has 0 unspecified atom stereocenters. The van der Waals surface area contributed by atoms with E-state index in [0.717, 1.165) is 11.1 Å². The number of hydrogen-bond donors (Lipinski definition) is 2. The van der Waals surface area contributed by atoms with Gasteiger partial charge in [0.1, 0.15) is 15.8 Å². The van der Waals surface area contributed by atoms with Crippen LogP contribution in [0.1, 0.15) is 43.0 Å². The minimum Gasteiger partial charge on any atom is -0.394 e. The van der Waals surface area contributed by atoms with Gasteiger partial charge in [-0.15, -0.1) is 0 Å². The van der Waals surface area contributed by atoms with E-state index in [1.165, 1.54) is 16.2 Å². The first-order valence-corrected chi connectivity index (χ1v) is 12.3. The summed E-state index contributed by atoms with van der Waals surface area (Å²) >= 11 is 6.71. The lowest BCUT2D eigenvalue weighted by Gasteiger charge is -2.23. The van der Waals surface area contributed by atoms with E-state index in [1.54, 1.807) is 23.2 Å². The van der Waals surface area contributed by atoms with Gasteiger partial charge in [-0.25, -0.2) is 4.98 Å². The molecule has 0 spiro atoms. The lowest BCUT2D eigenvalue weighted by molar-refractivity contribution is -0.123. The molecule has 0 aliphatic carbocycles. The first-order chi connectivity index (χ1) is 16.3. The van der Waals surface area contributed by atoms with Crippen LogP contribution < -0.4 is 10.9 Å². The summed E-state index contributed by atoms with van der Waals surface area (Å²) in [4.78, 5) is 33.5. The van der Waals surface area contributed by atoms with Crippen LogP contribution in [0.4, 0.5) is 5.82 Å². The van der Waals surface area contributed by atoms with Crippen molar-refractivity contribution in [2.75, 3.05) is 11.9 Å². The Morgan fingerprint density at radius 2 is 1.94 bits per heavy atom. The Bertz CT molecular complexity index is 1330. The van der Waals surface area contributed by atoms with Crippen LogP contribution in [0.3, 0.4) is 0 Å². The van der Waals surface area contributed by atoms with Crippen LogP contribution >= 0.6 is 24.0 Å². The van der Waals surface area contributed by atoms with E-state index in [2.05, 4.69) is 10.3 Å². The minimum absolute atomic E-state index is 0.110. The third-order valence-electron chi connectivity index (χ3n) is 5.91. The number of pyridine rings is 1. The molecule has 0 saturated carbocycles. The van der Waals surface area contributed by atoms with Gasteiger partial charge >= 0.3 is 0 Å². The number of benzene rings is 1. The Kier molecular flexibility index (Phi) is 7.16. The maximum absolute atomic E-state index is 13.5. The number of thioether (sulfide) groups is 1. The van der Waals surface area contributed by atoms with Crippen molar-refractivity contribution in [3.8, 4) is 0 Å². The molecule has 2 atom stereocenters. The topological polar surface area (TPSA) is 86.9 Å². The van der Waals surface area contributed by atoms with Crippen molar-refractivity contribution in [1.29, 1.82) is 0 Å². The summed E-state index contributed by atoms with van der Waals surface area (Å²) in [6.07, 6.45) is 3.86. The summed E-state index contributed by atoms with van der Waals surface area (Å²) in [5, 5.41) is 12.9. The fourth-order valence-corrected chi connectivity index (χ4v) is 5.25. The molecule has 1 aliphatic heterocycles. The number of hydrogen-bond acceptors (Lipinski definition) is 7. The van der Waals surface area contributed by atoms with E-state index in [4.69, 9.17) is 12.2 Å². The molecule has 1 aromatic carbocycles. The number of thiocarbonyl (C=S) groups is 1. The second-order valence-electron chi connectivity index (χ2n) is 8.13. The Morgan fingerprint density at radius 1 is 1.21 bits per heavy atom. The van der Waals surface area contributed by atoms with Gasteiger partial charge in [-0.05, 0) is 43.5 Å². The summed E-state index contributed by atoms with van der Waals surface area (Å²) in [5.74, 6) is 0.0850. The van der Waals surface area contributed by atoms with Gasteiger partial charge in [0.2, 0.25) is 0 Å². The molecular formula is C25H26N4O3S2. The number of anilines is 1. The summed E-state index contributed by atoms with van der Waals surface area (Å²) in [7, 11) is 0. The summed E-state index contributed by atoms with van der Waals surface area (Å²) in [6, 6.07) is 12.8. The van der Waals surface area contributed by atoms with Gasteiger partial charge in [-0.1, -0.05) is 67.3 Å². The van der Waals surface area contributed by atoms with Gasteiger partial charge in [0.25, 0.3) is 11.5 Å². The highest BCUT2D eigenvalue weighted by Crippen LogP contribution is 2.38. The normalized spacial score (nSPS) is 16.9. The maximum Gasteiger partial charge on any atom is 0.267 e. The molecule has 2 aromatic heterocycles. The molecule has 0 radical (unpaired) electrons. The van der Waals surface area contributed by atoms with E-state index in [1.807, 2.05) is 57.2 Å². The number of rotatable bonds is 7. The lowest BCUT2D eigenvalue weighted by atomic mass is 10.1. The summed E-state index contributed by atoms with van der Waals surface area (Å²) in [5.41, 5.74) is 2.28. The molecule has 34 heavy (non-hydrogen) atoms. The number of carbonyl (C=O) groups excluding carboxylic acids is 1. The quantitative estimate of drug-likeness (QED) is 0.377. The third-order valence-corrected chi connectivity index (χ3v) is 7.24. The van der Waals surface area contributed by atoms with E-state index in [-0.39, 0.29) is 35.7 Å². The zero-order chi connectivity index (χ0) is 24.4. The summed E-state index contributed by atoms with van der Waals surface area (Å²) < 4.78 is 1.91. The molecule has 176 valence electrons. The van der Waals surface area contributed by atoms with Crippen LogP contribution in [0.5, 0.6) is 0 Å². The van der Waals surface area contributed by atoms with Crippen LogP contribution in [0.15, 0.2) is 58.4 Å². The zero-order valence-electron chi connectivity index (χ0n) is 19.2. The molecule has 0 bridgehead atoms. The van der Waals surface area contributed by atoms with Crippen molar-refractivity contribution in [1.82, 2.24) is 14.3 Å². The molecule has 9 heteroatoms. The van der Waals surface area contributed by atoms with Crippen LogP contribution in [-0.2, 0) is 4.79 Å². The molecular weight excluding hydrogens is 468 g/mol. The van der Waals surface area contributed by atoms with Crippen molar-refractivity contribution in [2.24, 2.45) is 0 Å². The summed E-state index contributed by atoms with van der Waals surface area (Å²) in [6.45, 7) is 5.63. The largest absolute Gasteiger partial charge is 0.394 e. The number of nitrogens with zero attached hydrogens (tertiary/aromatic N) is 3. The molecule has 1 fully saturated rings. The van der Waals surface area contributed by atoms with Crippen molar-refractivity contribution < 1.29 is 9.90 Å². The van der Waals surface area contributed by atoms with Crippen LogP contribution in [-0.4, -0.2) is 42.3 Å². The van der Waals surface area contributed by atoms with Crippen molar-refractivity contribution in [2.45, 2.75) is 39.3 Å². The molecule has 3 aromatic rings. The first kappa shape index (κ1) is 24.1. The van der Waals surface area contributed by atoms with Gasteiger partial charge in [0, 0.05) is 6.20 Å². The molecule has 1 aliphatic rings. The smallest absolute Gasteiger partial charge is 0.267 e. The Balaban J connectivity index is 1.80. The van der Waals surface area contributed by atoms with Gasteiger partial charge in [-0.3, -0.25) is 18.9 Å². The number of aryl methyl sites for hydroxylation is 1. The van der Waals surface area contributed by atoms with Crippen molar-refractivity contribution in [3.05, 3.63) is 80.6 Å². The number of aliphatic hydroxyl groups is 1. The monoisotopic (exact) mass is 494 g/mol. The SMILES string of the molecule is CC[C@H](CO)Nc1nc2c(C)cccn2c(=O)c1/C=C1/SC(=S)N([C@H](C)c2ccccc2)C1=O. The zero-order valence-corrected chi connectivity index (χ0v) is 20.8. The predicted molar refractivity (Wildman–Crippen MR) is 141 cm³/mol. The van der Waals surface area contributed by atoms with E-state index < -0.39 is 0 Å². The van der Waals surface area contributed by atoms with E-state index in [9.17, 15) is 14.7 Å². The second kappa shape index (κ2) is 10.1. The van der Waals surface area contributed by atoms with Crippen LogP contribution in [0.25, 0.3) is 11.7 Å². The van der Waals surface area contributed by atoms with Crippen LogP contribution in [0.2, 0.25) is 0 Å². The van der Waals surface area contributed by atoms with Crippen molar-refractivity contribution in [3.63, 3.8) is 0 Å². The van der Waals surface area contributed by atoms with E-state index >= 15 is 0 Å². The fourth-order valence-electron chi connectivity index (χ4n) is 3.85. The van der Waals surface area contributed by atoms with Gasteiger partial charge < -0.3 is 10.4 Å². The first-order valence-electron chi connectivity index (χ1n) is 11.1. The van der Waals surface area contributed by atoms with Crippen molar-refractivity contribution >= 4 is 51.7 Å². The standard InChI is InChI=1S/C25H26N4O3S2/c1-4-18(14-30)26-21-19(23(31)28-12-8-9-15(2)22(28)27-21)13-20-24(32)29(25(33)34-20)16(3)17-10-6-5-7-11-17/h5-13,16,18,26,30H,4,14H2,1-3H3/b20-13+/t16-,18-/m1/s1. The number of carbonyl (C=O) groups is 1. The Labute approximate surface area is 207 Å². The molecule has 2 N–H and O–H groups in total. The second-order valence-corrected chi connectivity index (χ2v) is 9.81. The number of aliphatic hydroxyl groups excluding tert-OH is 1. The van der Waals surface area contributed by atoms with Crippen LogP contribution in [0, 0.1) is 6.92 Å². The van der Waals surface area contributed by atoms with Gasteiger partial charge in [0.15, 0.2) is 0 Å². The predicted octanol–water partition coefficient (Wildman–Crippen LogP) is 4.15. The highest BCUT2D eigenvalue weighted by molar-refractivity contribution is 8.26. The highest BCUT2D eigenvalue weighted by atomic mass is 32.2. The molecule has 1 saturated heterocycles. The number of nitrogens with one attached hydrogen (secondary N) is 1. The minimum atomic E-state index is -0.301. The lowest BCUT2D eigenvalue weighted by Crippen LogP contribution is -2.31. The average Bonchev–Trinajstić information content (AvgIpc) is 3.12. The Hall–Kier alpha value is -3.01. The molecule has 1 amide bonds. The fraction of sp³-hybridized carbons (Fsp3) is 0.280.